The Labute approximate surface area is 80.6 Å². The highest BCUT2D eigenvalue weighted by Gasteiger charge is 2.26. The van der Waals surface area contributed by atoms with Crippen LogP contribution in [0.15, 0.2) is 36.4 Å². The summed E-state index contributed by atoms with van der Waals surface area (Å²) in [7, 11) is 3.67. The zero-order valence-corrected chi connectivity index (χ0v) is 8.17. The minimum absolute atomic E-state index is 1.03. The molecule has 60 valence electrons. The fourth-order valence-electron chi connectivity index (χ4n) is 2.05. The average Bonchev–Trinajstić information content (AvgIpc) is 2.14. The molecule has 0 aliphatic heterocycles. The van der Waals surface area contributed by atoms with Crippen LogP contribution < -0.4 is 0 Å². The van der Waals surface area contributed by atoms with Crippen molar-refractivity contribution in [1.29, 1.82) is 0 Å². The summed E-state index contributed by atoms with van der Waals surface area (Å²) in [5.41, 5.74) is 5.60. The van der Waals surface area contributed by atoms with Crippen molar-refractivity contribution in [2.75, 3.05) is 0 Å². The maximum Gasteiger partial charge on any atom is 0.0356 e. The molecule has 1 aromatic carbocycles. The van der Waals surface area contributed by atoms with Crippen molar-refractivity contribution in [2.45, 2.75) is 6.42 Å². The van der Waals surface area contributed by atoms with Crippen molar-refractivity contribution in [3.05, 3.63) is 47.5 Å². The zero-order valence-electron chi connectivity index (χ0n) is 7.17. The number of rotatable bonds is 0. The number of allylic oxidation sites excluding steroid dienone is 4. The Bertz CT molecular complexity index is 464. The lowest BCUT2D eigenvalue weighted by atomic mass is 9.76. The first-order chi connectivity index (χ1) is 6.38. The van der Waals surface area contributed by atoms with E-state index >= 15 is 0 Å². The highest BCUT2D eigenvalue weighted by atomic mass is 28.1. The maximum absolute atomic E-state index is 3.67. The standard InChI is InChI=1S/C12H8Si/c13-11-7-3-6-10-8-4-1-2-5-9(8)12(10)11/h1-6H,7H2. The number of hydrogen-bond donors (Lipinski definition) is 0. The van der Waals surface area contributed by atoms with Crippen LogP contribution in [-0.2, 0) is 0 Å². The molecule has 2 radical (unpaired) electrons. The molecule has 0 nitrogen and oxygen atoms in total. The van der Waals surface area contributed by atoms with Gasteiger partial charge in [-0.2, -0.15) is 0 Å². The summed E-state index contributed by atoms with van der Waals surface area (Å²) in [5.74, 6) is 0. The highest BCUT2D eigenvalue weighted by Crippen LogP contribution is 2.43. The molecule has 0 bridgehead atoms. The van der Waals surface area contributed by atoms with Gasteiger partial charge in [-0.25, -0.2) is 0 Å². The van der Waals surface area contributed by atoms with Gasteiger partial charge in [-0.05, 0) is 28.7 Å². The van der Waals surface area contributed by atoms with Crippen LogP contribution in [0.2, 0.25) is 0 Å². The molecule has 0 N–H and O–H groups in total. The molecule has 0 amide bonds. The lowest BCUT2D eigenvalue weighted by molar-refractivity contribution is 1.43. The number of fused-ring (bicyclic) bond motifs is 3. The van der Waals surface area contributed by atoms with E-state index in [1.165, 1.54) is 27.4 Å². The summed E-state index contributed by atoms with van der Waals surface area (Å²) in [6.45, 7) is 0. The largest absolute Gasteiger partial charge is 0.0799 e. The topological polar surface area (TPSA) is 0 Å². The van der Waals surface area contributed by atoms with Crippen molar-refractivity contribution in [1.82, 2.24) is 0 Å². The lowest BCUT2D eigenvalue weighted by Crippen LogP contribution is -2.16. The molecule has 2 aliphatic carbocycles. The van der Waals surface area contributed by atoms with Gasteiger partial charge in [-0.3, -0.25) is 0 Å². The molecule has 13 heavy (non-hydrogen) atoms. The summed E-state index contributed by atoms with van der Waals surface area (Å²) in [4.78, 5) is 0. The van der Waals surface area contributed by atoms with Crippen molar-refractivity contribution < 1.29 is 0 Å². The first-order valence-electron chi connectivity index (χ1n) is 4.46. The van der Waals surface area contributed by atoms with Crippen molar-refractivity contribution in [3.8, 4) is 0 Å². The van der Waals surface area contributed by atoms with E-state index < -0.39 is 0 Å². The van der Waals surface area contributed by atoms with Gasteiger partial charge in [0.15, 0.2) is 0 Å². The van der Waals surface area contributed by atoms with Crippen LogP contribution in [0.25, 0.3) is 11.1 Å². The Morgan fingerprint density at radius 1 is 1.08 bits per heavy atom. The Hall–Kier alpha value is -1.21. The summed E-state index contributed by atoms with van der Waals surface area (Å²) in [6, 6.07) is 8.57. The Balaban J connectivity index is 2.24. The third-order valence-electron chi connectivity index (χ3n) is 2.66. The van der Waals surface area contributed by atoms with Gasteiger partial charge in [0.05, 0.1) is 0 Å². The van der Waals surface area contributed by atoms with Crippen molar-refractivity contribution >= 4 is 26.2 Å². The summed E-state index contributed by atoms with van der Waals surface area (Å²) in [6.07, 6.45) is 5.46. The molecule has 0 unspecified atom stereocenters. The van der Waals surface area contributed by atoms with Crippen LogP contribution in [0.3, 0.4) is 0 Å². The van der Waals surface area contributed by atoms with E-state index in [0.717, 1.165) is 6.42 Å². The van der Waals surface area contributed by atoms with Crippen molar-refractivity contribution in [2.24, 2.45) is 0 Å². The first-order valence-corrected chi connectivity index (χ1v) is 4.96. The molecule has 0 saturated carbocycles. The summed E-state index contributed by atoms with van der Waals surface area (Å²) in [5, 5.41) is 1.32. The smallest absolute Gasteiger partial charge is 0.0356 e. The minimum atomic E-state index is 1.03. The van der Waals surface area contributed by atoms with Gasteiger partial charge in [0, 0.05) is 9.85 Å². The molecule has 0 fully saturated rings. The van der Waals surface area contributed by atoms with Crippen LogP contribution in [-0.4, -0.2) is 15.0 Å². The molecule has 0 atom stereocenters. The van der Waals surface area contributed by atoms with E-state index in [1.807, 2.05) is 0 Å². The van der Waals surface area contributed by atoms with Gasteiger partial charge in [-0.1, -0.05) is 41.6 Å². The average molecular weight is 180 g/mol. The normalized spacial score (nSPS) is 18.0. The number of hydrogen-bond acceptors (Lipinski definition) is 0. The Kier molecular flexibility index (Phi) is 1.33. The van der Waals surface area contributed by atoms with Crippen LogP contribution in [0.5, 0.6) is 0 Å². The van der Waals surface area contributed by atoms with Crippen LogP contribution in [0.4, 0.5) is 0 Å². The molecule has 0 saturated heterocycles. The molecule has 1 aromatic rings. The minimum Gasteiger partial charge on any atom is -0.0799 e. The van der Waals surface area contributed by atoms with Crippen LogP contribution in [0.1, 0.15) is 17.5 Å². The quantitative estimate of drug-likeness (QED) is 0.537. The molecular weight excluding hydrogens is 172 g/mol. The molecule has 0 aromatic heterocycles. The van der Waals surface area contributed by atoms with E-state index in [-0.39, 0.29) is 0 Å². The summed E-state index contributed by atoms with van der Waals surface area (Å²) >= 11 is 0. The second-order valence-corrected chi connectivity index (χ2v) is 4.02. The molecule has 3 rings (SSSR count). The van der Waals surface area contributed by atoms with E-state index in [0.29, 0.717) is 0 Å². The van der Waals surface area contributed by atoms with E-state index in [1.54, 1.807) is 0 Å². The fourth-order valence-corrected chi connectivity index (χ4v) is 2.44. The van der Waals surface area contributed by atoms with Gasteiger partial charge in [0.25, 0.3) is 0 Å². The highest BCUT2D eigenvalue weighted by molar-refractivity contribution is 6.58. The fraction of sp³-hybridized carbons (Fsp3) is 0.0833. The van der Waals surface area contributed by atoms with Gasteiger partial charge in [0.1, 0.15) is 0 Å². The van der Waals surface area contributed by atoms with Crippen LogP contribution in [0, 0.1) is 0 Å². The van der Waals surface area contributed by atoms with E-state index in [4.69, 9.17) is 0 Å². The predicted molar refractivity (Wildman–Crippen MR) is 57.8 cm³/mol. The summed E-state index contributed by atoms with van der Waals surface area (Å²) < 4.78 is 0. The molecular formula is C12H8Si. The predicted octanol–water partition coefficient (Wildman–Crippen LogP) is 2.21. The van der Waals surface area contributed by atoms with Gasteiger partial charge in [-0.15, -0.1) is 0 Å². The van der Waals surface area contributed by atoms with Gasteiger partial charge < -0.3 is 0 Å². The maximum atomic E-state index is 3.67. The monoisotopic (exact) mass is 180 g/mol. The lowest BCUT2D eigenvalue weighted by Gasteiger charge is -2.29. The van der Waals surface area contributed by atoms with Crippen molar-refractivity contribution in [3.63, 3.8) is 0 Å². The SMILES string of the molecule is [Si]=C1CC=CC2=C1c1ccccc12. The van der Waals surface area contributed by atoms with Gasteiger partial charge in [0.2, 0.25) is 0 Å². The second kappa shape index (κ2) is 2.39. The second-order valence-electron chi connectivity index (χ2n) is 3.42. The van der Waals surface area contributed by atoms with E-state index in [2.05, 4.69) is 46.3 Å². The van der Waals surface area contributed by atoms with E-state index in [9.17, 15) is 0 Å². The molecule has 0 spiro atoms. The molecule has 2 aliphatic rings. The Morgan fingerprint density at radius 2 is 1.85 bits per heavy atom. The van der Waals surface area contributed by atoms with Crippen LogP contribution >= 0.6 is 0 Å². The molecule has 0 heterocycles. The third-order valence-corrected chi connectivity index (χ3v) is 3.12. The first kappa shape index (κ1) is 7.22. The zero-order chi connectivity index (χ0) is 8.84. The third kappa shape index (κ3) is 0.824. The number of benzene rings is 1. The Morgan fingerprint density at radius 3 is 2.69 bits per heavy atom. The van der Waals surface area contributed by atoms with Gasteiger partial charge >= 0.3 is 0 Å². The molecule has 1 heteroatoms.